The molecule has 132 valence electrons. The minimum absolute atomic E-state index is 0.00658. The molecule has 1 fully saturated rings. The fourth-order valence-electron chi connectivity index (χ4n) is 3.12. The van der Waals surface area contributed by atoms with E-state index >= 15 is 0 Å². The third-order valence-corrected chi connectivity index (χ3v) is 4.49. The molecule has 1 aliphatic heterocycles. The first-order valence-electron chi connectivity index (χ1n) is 8.57. The zero-order chi connectivity index (χ0) is 18.6. The molecule has 0 radical (unpaired) electrons. The zero-order valence-electron chi connectivity index (χ0n) is 15.0. The van der Waals surface area contributed by atoms with E-state index in [-0.39, 0.29) is 18.2 Å². The van der Waals surface area contributed by atoms with Crippen LogP contribution in [0.5, 0.6) is 0 Å². The number of hydrogen-bond donors (Lipinski definition) is 0. The summed E-state index contributed by atoms with van der Waals surface area (Å²) in [4.78, 5) is 39.4. The van der Waals surface area contributed by atoms with E-state index in [2.05, 4.69) is 0 Å². The van der Waals surface area contributed by atoms with E-state index in [0.29, 0.717) is 24.9 Å². The minimum atomic E-state index is -1.31. The highest BCUT2D eigenvalue weighted by Crippen LogP contribution is 2.26. The van der Waals surface area contributed by atoms with Crippen molar-refractivity contribution in [2.24, 2.45) is 17.3 Å². The van der Waals surface area contributed by atoms with Gasteiger partial charge in [-0.05, 0) is 12.8 Å². The number of likely N-dealkylation sites (tertiary alicyclic amines) is 1. The zero-order valence-corrected chi connectivity index (χ0v) is 15.0. The number of piperidine rings is 1. The lowest BCUT2D eigenvalue weighted by Gasteiger charge is -2.36. The van der Waals surface area contributed by atoms with Crippen LogP contribution in [0.1, 0.15) is 44.0 Å². The maximum absolute atomic E-state index is 12.8. The summed E-state index contributed by atoms with van der Waals surface area (Å²) < 4.78 is 0. The molecule has 1 saturated heterocycles. The van der Waals surface area contributed by atoms with Crippen molar-refractivity contribution >= 4 is 17.5 Å². The number of carbonyl (C=O) groups is 3. The van der Waals surface area contributed by atoms with Gasteiger partial charge in [-0.2, -0.15) is 5.26 Å². The number of nitrogens with zero attached hydrogens (tertiary/aromatic N) is 2. The first-order chi connectivity index (χ1) is 11.8. The van der Waals surface area contributed by atoms with Crippen LogP contribution in [0.15, 0.2) is 30.3 Å². The lowest BCUT2D eigenvalue weighted by Crippen LogP contribution is -2.48. The number of benzene rings is 1. The topological polar surface area (TPSA) is 78.2 Å². The highest BCUT2D eigenvalue weighted by atomic mass is 16.2. The van der Waals surface area contributed by atoms with Gasteiger partial charge in [0.2, 0.25) is 5.91 Å². The Morgan fingerprint density at radius 3 is 2.40 bits per heavy atom. The molecule has 0 bridgehead atoms. The van der Waals surface area contributed by atoms with Crippen molar-refractivity contribution in [3.63, 3.8) is 0 Å². The van der Waals surface area contributed by atoms with Crippen LogP contribution in [0.3, 0.4) is 0 Å². The van der Waals surface area contributed by atoms with Crippen LogP contribution in [0.25, 0.3) is 0 Å². The summed E-state index contributed by atoms with van der Waals surface area (Å²) in [5.41, 5.74) is -0.153. The van der Waals surface area contributed by atoms with E-state index in [1.165, 1.54) is 0 Å². The van der Waals surface area contributed by atoms with Gasteiger partial charge in [-0.1, -0.05) is 51.1 Å². The molecule has 1 amide bonds. The normalized spacial score (nSPS) is 19.0. The third-order valence-electron chi connectivity index (χ3n) is 4.49. The van der Waals surface area contributed by atoms with Crippen LogP contribution in [0.4, 0.5) is 0 Å². The average Bonchev–Trinajstić information content (AvgIpc) is 2.61. The van der Waals surface area contributed by atoms with Gasteiger partial charge in [0.1, 0.15) is 0 Å². The highest BCUT2D eigenvalue weighted by Gasteiger charge is 2.38. The van der Waals surface area contributed by atoms with E-state index in [9.17, 15) is 19.6 Å². The van der Waals surface area contributed by atoms with Crippen LogP contribution < -0.4 is 0 Å². The van der Waals surface area contributed by atoms with Gasteiger partial charge >= 0.3 is 0 Å². The molecule has 0 aromatic heterocycles. The lowest BCUT2D eigenvalue weighted by atomic mass is 9.83. The maximum atomic E-state index is 12.8. The summed E-state index contributed by atoms with van der Waals surface area (Å²) in [6, 6.07) is 10.3. The first kappa shape index (κ1) is 18.9. The van der Waals surface area contributed by atoms with Crippen LogP contribution in [0.2, 0.25) is 0 Å². The minimum Gasteiger partial charge on any atom is -0.342 e. The summed E-state index contributed by atoms with van der Waals surface area (Å²) in [5, 5.41) is 9.39. The summed E-state index contributed by atoms with van der Waals surface area (Å²) in [6.45, 7) is 6.44. The molecule has 1 aromatic rings. The molecule has 2 atom stereocenters. The van der Waals surface area contributed by atoms with Crippen LogP contribution in [0, 0.1) is 28.6 Å². The van der Waals surface area contributed by atoms with Crippen molar-refractivity contribution in [3.05, 3.63) is 35.9 Å². The van der Waals surface area contributed by atoms with Crippen LogP contribution >= 0.6 is 0 Å². The third kappa shape index (κ3) is 4.33. The Morgan fingerprint density at radius 1 is 1.20 bits per heavy atom. The fraction of sp³-hybridized carbons (Fsp3) is 0.500. The molecule has 0 aliphatic carbocycles. The fourth-order valence-corrected chi connectivity index (χ4v) is 3.12. The van der Waals surface area contributed by atoms with Crippen molar-refractivity contribution in [2.45, 2.75) is 33.6 Å². The predicted octanol–water partition coefficient (Wildman–Crippen LogP) is 2.86. The molecule has 25 heavy (non-hydrogen) atoms. The highest BCUT2D eigenvalue weighted by molar-refractivity contribution is 6.13. The smallest absolute Gasteiger partial charge is 0.227 e. The number of carbonyl (C=O) groups excluding carboxylic acids is 3. The second-order valence-corrected chi connectivity index (χ2v) is 7.54. The molecule has 0 unspecified atom stereocenters. The van der Waals surface area contributed by atoms with E-state index in [0.717, 1.165) is 0 Å². The van der Waals surface area contributed by atoms with Gasteiger partial charge < -0.3 is 4.90 Å². The average molecular weight is 340 g/mol. The van der Waals surface area contributed by atoms with E-state index in [4.69, 9.17) is 0 Å². The molecule has 1 heterocycles. The van der Waals surface area contributed by atoms with E-state index in [1.807, 2.05) is 26.8 Å². The maximum Gasteiger partial charge on any atom is 0.227 e. The van der Waals surface area contributed by atoms with Crippen molar-refractivity contribution in [1.29, 1.82) is 5.26 Å². The summed E-state index contributed by atoms with van der Waals surface area (Å²) in [5.74, 6) is -2.61. The van der Waals surface area contributed by atoms with Gasteiger partial charge in [-0.15, -0.1) is 0 Å². The molecule has 5 heteroatoms. The van der Waals surface area contributed by atoms with Crippen molar-refractivity contribution in [1.82, 2.24) is 4.90 Å². The van der Waals surface area contributed by atoms with Crippen molar-refractivity contribution in [3.8, 4) is 6.07 Å². The van der Waals surface area contributed by atoms with Gasteiger partial charge in [0, 0.05) is 30.0 Å². The molecule has 2 rings (SSSR count). The molecule has 0 spiro atoms. The molecular weight excluding hydrogens is 316 g/mol. The van der Waals surface area contributed by atoms with Gasteiger partial charge in [0.15, 0.2) is 17.5 Å². The van der Waals surface area contributed by atoms with E-state index < -0.39 is 23.0 Å². The molecule has 0 N–H and O–H groups in total. The predicted molar refractivity (Wildman–Crippen MR) is 93.6 cm³/mol. The number of ketones is 2. The van der Waals surface area contributed by atoms with Gasteiger partial charge in [0.25, 0.3) is 0 Å². The van der Waals surface area contributed by atoms with Crippen LogP contribution in [-0.4, -0.2) is 35.5 Å². The molecule has 5 nitrogen and oxygen atoms in total. The van der Waals surface area contributed by atoms with Gasteiger partial charge in [-0.3, -0.25) is 14.4 Å². The van der Waals surface area contributed by atoms with Crippen molar-refractivity contribution in [2.75, 3.05) is 13.1 Å². The van der Waals surface area contributed by atoms with Gasteiger partial charge in [0.05, 0.1) is 6.07 Å². The Morgan fingerprint density at radius 2 is 1.84 bits per heavy atom. The SMILES string of the molecule is CC(C)(C)C(=O)N1CCC[C@H](C(=O)[C@@H](C#N)C(=O)c2ccccc2)C1. The summed E-state index contributed by atoms with van der Waals surface area (Å²) in [7, 11) is 0. The second-order valence-electron chi connectivity index (χ2n) is 7.54. The Balaban J connectivity index is 2.14. The number of hydrogen-bond acceptors (Lipinski definition) is 4. The molecule has 0 saturated carbocycles. The molecule has 1 aromatic carbocycles. The van der Waals surface area contributed by atoms with Crippen molar-refractivity contribution < 1.29 is 14.4 Å². The van der Waals surface area contributed by atoms with Crippen LogP contribution in [-0.2, 0) is 9.59 Å². The Hall–Kier alpha value is -2.48. The Bertz CT molecular complexity index is 698. The summed E-state index contributed by atoms with van der Waals surface area (Å²) in [6.07, 6.45) is 1.31. The monoisotopic (exact) mass is 340 g/mol. The Kier molecular flexibility index (Phi) is 5.73. The summed E-state index contributed by atoms with van der Waals surface area (Å²) >= 11 is 0. The standard InChI is InChI=1S/C20H24N2O3/c1-20(2,3)19(25)22-11-7-10-15(13-22)18(24)16(12-21)17(23)14-8-5-4-6-9-14/h4-6,8-9,15-16H,7,10-11,13H2,1-3H3/t15-,16-/m0/s1. The quantitative estimate of drug-likeness (QED) is 0.624. The van der Waals surface area contributed by atoms with Gasteiger partial charge in [-0.25, -0.2) is 0 Å². The largest absolute Gasteiger partial charge is 0.342 e. The first-order valence-corrected chi connectivity index (χ1v) is 8.57. The number of Topliss-reactive ketones (excluding diaryl/α,β-unsaturated/α-hetero) is 2. The number of nitriles is 1. The molecule has 1 aliphatic rings. The second kappa shape index (κ2) is 7.60. The molecular formula is C20H24N2O3. The Labute approximate surface area is 148 Å². The number of rotatable bonds is 4. The lowest BCUT2D eigenvalue weighted by molar-refractivity contribution is -0.142. The number of amides is 1. The van der Waals surface area contributed by atoms with E-state index in [1.54, 1.807) is 35.2 Å².